The number of benzene rings is 1. The van der Waals surface area contributed by atoms with E-state index in [1.165, 1.54) is 6.92 Å². The van der Waals surface area contributed by atoms with Crippen LogP contribution in [0.4, 0.5) is 13.2 Å². The first-order valence-corrected chi connectivity index (χ1v) is 5.46. The molecule has 0 saturated carbocycles. The molecule has 0 fully saturated rings. The Balaban J connectivity index is 3.15. The third kappa shape index (κ3) is 4.13. The van der Waals surface area contributed by atoms with Crippen LogP contribution in [0.15, 0.2) is 18.2 Å². The van der Waals surface area contributed by atoms with E-state index in [0.717, 1.165) is 12.1 Å². The fourth-order valence-corrected chi connectivity index (χ4v) is 1.43. The van der Waals surface area contributed by atoms with Crippen molar-refractivity contribution in [1.82, 2.24) is 0 Å². The third-order valence-corrected chi connectivity index (χ3v) is 2.22. The summed E-state index contributed by atoms with van der Waals surface area (Å²) >= 11 is 0. The average Bonchev–Trinajstić information content (AvgIpc) is 2.27. The van der Waals surface area contributed by atoms with Gasteiger partial charge in [-0.2, -0.15) is 13.2 Å². The minimum Gasteiger partial charge on any atom is -0.545 e. The summed E-state index contributed by atoms with van der Waals surface area (Å²) in [6.07, 6.45) is -5.57. The van der Waals surface area contributed by atoms with Gasteiger partial charge in [0.15, 0.2) is 6.29 Å². The molecule has 0 N–H and O–H groups in total. The molecular weight excluding hydrogens is 265 g/mol. The highest BCUT2D eigenvalue weighted by Gasteiger charge is 2.35. The molecule has 0 aliphatic heterocycles. The van der Waals surface area contributed by atoms with E-state index >= 15 is 0 Å². The topological polar surface area (TPSA) is 58.6 Å². The van der Waals surface area contributed by atoms with E-state index < -0.39 is 35.3 Å². The minimum absolute atomic E-state index is 0.253. The van der Waals surface area contributed by atoms with Gasteiger partial charge in [0, 0.05) is 12.2 Å². The van der Waals surface area contributed by atoms with E-state index in [1.807, 2.05) is 0 Å². The number of hydrogen-bond donors (Lipinski definition) is 0. The molecule has 106 valence electrons. The molecule has 19 heavy (non-hydrogen) atoms. The van der Waals surface area contributed by atoms with Crippen LogP contribution >= 0.6 is 0 Å². The Morgan fingerprint density at radius 3 is 2.53 bits per heavy atom. The second-order valence-electron chi connectivity index (χ2n) is 3.64. The second-order valence-corrected chi connectivity index (χ2v) is 3.64. The summed E-state index contributed by atoms with van der Waals surface area (Å²) in [6.45, 7) is 3.32. The van der Waals surface area contributed by atoms with Crippen molar-refractivity contribution in [2.24, 2.45) is 0 Å². The lowest BCUT2D eigenvalue weighted by molar-refractivity contribution is -0.255. The molecule has 0 aliphatic carbocycles. The number of carbonyl (C=O) groups is 1. The highest BCUT2D eigenvalue weighted by molar-refractivity contribution is 5.86. The number of carboxylic acids is 1. The Hall–Kier alpha value is -1.76. The average molecular weight is 277 g/mol. The number of carbonyl (C=O) groups excluding carboxylic acids is 1. The van der Waals surface area contributed by atoms with E-state index in [2.05, 4.69) is 0 Å². The van der Waals surface area contributed by atoms with Crippen LogP contribution in [-0.2, 0) is 10.9 Å². The molecule has 0 radical (unpaired) electrons. The highest BCUT2D eigenvalue weighted by atomic mass is 19.4. The lowest BCUT2D eigenvalue weighted by Crippen LogP contribution is -2.24. The van der Waals surface area contributed by atoms with E-state index in [-0.39, 0.29) is 6.61 Å². The van der Waals surface area contributed by atoms with E-state index in [0.29, 0.717) is 6.07 Å². The maximum atomic E-state index is 12.7. The molecule has 0 saturated heterocycles. The Morgan fingerprint density at radius 1 is 1.42 bits per heavy atom. The maximum absolute atomic E-state index is 12.7. The van der Waals surface area contributed by atoms with Gasteiger partial charge in [-0.25, -0.2) is 0 Å². The molecule has 1 aromatic rings. The number of aromatic carboxylic acids is 1. The lowest BCUT2D eigenvalue weighted by atomic mass is 10.1. The summed E-state index contributed by atoms with van der Waals surface area (Å²) in [6, 6.07) is 2.23. The van der Waals surface area contributed by atoms with Crippen molar-refractivity contribution in [2.75, 3.05) is 6.61 Å². The molecule has 1 aromatic carbocycles. The van der Waals surface area contributed by atoms with Gasteiger partial charge in [-0.3, -0.25) is 0 Å². The zero-order chi connectivity index (χ0) is 14.6. The number of rotatable bonds is 5. The summed E-state index contributed by atoms with van der Waals surface area (Å²) in [5, 5.41) is 10.6. The van der Waals surface area contributed by atoms with Crippen LogP contribution in [0, 0.1) is 0 Å². The largest absolute Gasteiger partial charge is 0.545 e. The Labute approximate surface area is 107 Å². The van der Waals surface area contributed by atoms with Crippen molar-refractivity contribution in [1.29, 1.82) is 0 Å². The van der Waals surface area contributed by atoms with Gasteiger partial charge in [0.25, 0.3) is 0 Å². The van der Waals surface area contributed by atoms with Crippen LogP contribution in [0.5, 0.6) is 5.75 Å². The van der Waals surface area contributed by atoms with Crippen molar-refractivity contribution >= 4 is 5.97 Å². The number of hydrogen-bond acceptors (Lipinski definition) is 4. The summed E-state index contributed by atoms with van der Waals surface area (Å²) in [5.41, 5.74) is -1.46. The second kappa shape index (κ2) is 5.92. The fraction of sp³-hybridized carbons (Fsp3) is 0.417. The molecular formula is C12H12F3O4-. The van der Waals surface area contributed by atoms with Gasteiger partial charge in [-0.15, -0.1) is 0 Å². The molecule has 1 atom stereocenters. The molecule has 0 aliphatic rings. The quantitative estimate of drug-likeness (QED) is 0.770. The number of alkyl halides is 3. The predicted octanol–water partition coefficient (Wildman–Crippen LogP) is 1.83. The molecule has 1 unspecified atom stereocenters. The van der Waals surface area contributed by atoms with Gasteiger partial charge < -0.3 is 19.4 Å². The monoisotopic (exact) mass is 277 g/mol. The van der Waals surface area contributed by atoms with Crippen molar-refractivity contribution in [3.05, 3.63) is 29.3 Å². The van der Waals surface area contributed by atoms with Crippen LogP contribution in [-0.4, -0.2) is 18.9 Å². The van der Waals surface area contributed by atoms with Gasteiger partial charge in [-0.05, 0) is 26.0 Å². The van der Waals surface area contributed by atoms with Crippen molar-refractivity contribution < 1.29 is 32.5 Å². The fourth-order valence-electron chi connectivity index (χ4n) is 1.43. The summed E-state index contributed by atoms with van der Waals surface area (Å²) in [4.78, 5) is 10.6. The lowest BCUT2D eigenvalue weighted by Gasteiger charge is -2.19. The molecule has 1 rings (SSSR count). The first-order chi connectivity index (χ1) is 8.75. The van der Waals surface area contributed by atoms with Crippen molar-refractivity contribution in [3.63, 3.8) is 0 Å². The third-order valence-electron chi connectivity index (χ3n) is 2.22. The van der Waals surface area contributed by atoms with Gasteiger partial charge in [-0.1, -0.05) is 6.07 Å². The zero-order valence-corrected chi connectivity index (χ0v) is 10.3. The van der Waals surface area contributed by atoms with Crippen LogP contribution in [0.3, 0.4) is 0 Å². The first-order valence-electron chi connectivity index (χ1n) is 5.46. The molecule has 0 heterocycles. The molecule has 0 bridgehead atoms. The maximum Gasteiger partial charge on any atom is 0.419 e. The van der Waals surface area contributed by atoms with E-state index in [1.54, 1.807) is 6.92 Å². The number of ether oxygens (including phenoxy) is 2. The van der Waals surface area contributed by atoms with Crippen molar-refractivity contribution in [3.8, 4) is 5.75 Å². The van der Waals surface area contributed by atoms with Crippen LogP contribution in [0.2, 0.25) is 0 Å². The molecule has 4 nitrogen and oxygen atoms in total. The first kappa shape index (κ1) is 15.3. The van der Waals surface area contributed by atoms with Gasteiger partial charge in [0.05, 0.1) is 11.5 Å². The summed E-state index contributed by atoms with van der Waals surface area (Å²) in [7, 11) is 0. The van der Waals surface area contributed by atoms with Crippen molar-refractivity contribution in [2.45, 2.75) is 26.3 Å². The van der Waals surface area contributed by atoms with Gasteiger partial charge in [0.1, 0.15) is 5.75 Å². The molecule has 0 spiro atoms. The Bertz CT molecular complexity index is 457. The highest BCUT2D eigenvalue weighted by Crippen LogP contribution is 2.37. The molecule has 7 heteroatoms. The predicted molar refractivity (Wildman–Crippen MR) is 57.5 cm³/mol. The van der Waals surface area contributed by atoms with E-state index in [4.69, 9.17) is 9.47 Å². The zero-order valence-electron chi connectivity index (χ0n) is 10.3. The van der Waals surface area contributed by atoms with Gasteiger partial charge in [0.2, 0.25) is 0 Å². The number of halogens is 3. The Morgan fingerprint density at radius 2 is 2.05 bits per heavy atom. The SMILES string of the molecule is CCOC(C)Oc1cc(C(=O)[O-])ccc1C(F)(F)F. The van der Waals surface area contributed by atoms with E-state index in [9.17, 15) is 23.1 Å². The minimum atomic E-state index is -4.65. The van der Waals surface area contributed by atoms with Gasteiger partial charge >= 0.3 is 6.18 Å². The van der Waals surface area contributed by atoms with Crippen LogP contribution in [0.25, 0.3) is 0 Å². The van der Waals surface area contributed by atoms with Crippen LogP contribution < -0.4 is 9.84 Å². The molecule has 0 amide bonds. The standard InChI is InChI=1S/C12H13F3O4/c1-3-18-7(2)19-10-6-8(11(16)17)4-5-9(10)12(13,14)15/h4-7H,3H2,1-2H3,(H,16,17)/p-1. The summed E-state index contributed by atoms with van der Waals surface area (Å²) < 4.78 is 48.1. The molecule has 0 aromatic heterocycles. The smallest absolute Gasteiger partial charge is 0.419 e. The number of carboxylic acid groups (broad SMARTS) is 1. The summed E-state index contributed by atoms with van der Waals surface area (Å²) in [5.74, 6) is -2.18. The Kier molecular flexibility index (Phi) is 4.77. The van der Waals surface area contributed by atoms with Crippen LogP contribution in [0.1, 0.15) is 29.8 Å². The normalized spacial score (nSPS) is 13.1.